The summed E-state index contributed by atoms with van der Waals surface area (Å²) in [7, 11) is 0. The molecule has 0 radical (unpaired) electrons. The summed E-state index contributed by atoms with van der Waals surface area (Å²) in [6.07, 6.45) is 0.402. The molecule has 0 aliphatic rings. The van der Waals surface area contributed by atoms with Crippen LogP contribution in [0.1, 0.15) is 63.8 Å². The number of nitrogens with one attached hydrogen (secondary N) is 1. The molecule has 5 heteroatoms. The Morgan fingerprint density at radius 2 is 1.42 bits per heavy atom. The van der Waals surface area contributed by atoms with Gasteiger partial charge in [0.1, 0.15) is 11.8 Å². The summed E-state index contributed by atoms with van der Waals surface area (Å²) < 4.78 is 6.12. The Hall–Kier alpha value is -3.60. The van der Waals surface area contributed by atoms with Gasteiger partial charge in [0, 0.05) is 18.5 Å². The SMILES string of the molecule is Cc1ccc(CN(C(=O)COc2ccccc2C(C)(C)C)C(Cc2ccccc2)C(=O)NC(C)(C)C)cc1. The van der Waals surface area contributed by atoms with Gasteiger partial charge in [-0.05, 0) is 55.9 Å². The maximum Gasteiger partial charge on any atom is 0.261 e. The molecule has 0 heterocycles. The maximum atomic E-state index is 13.9. The lowest BCUT2D eigenvalue weighted by molar-refractivity contribution is -0.143. The molecule has 0 bridgehead atoms. The van der Waals surface area contributed by atoms with Gasteiger partial charge < -0.3 is 15.0 Å². The predicted molar refractivity (Wildman–Crippen MR) is 154 cm³/mol. The molecular weight excluding hydrogens is 472 g/mol. The van der Waals surface area contributed by atoms with E-state index in [9.17, 15) is 9.59 Å². The standard InChI is InChI=1S/C33H42N2O3/c1-24-17-19-26(20-18-24)22-35(30(36)23-38-29-16-12-11-15-27(29)32(2,3)4)28(31(37)34-33(5,6)7)21-25-13-9-8-10-14-25/h8-20,28H,21-23H2,1-7H3,(H,34,37). The van der Waals surface area contributed by atoms with Gasteiger partial charge in [0.05, 0.1) is 0 Å². The van der Waals surface area contributed by atoms with E-state index in [1.807, 2.05) is 107 Å². The molecule has 1 unspecified atom stereocenters. The van der Waals surface area contributed by atoms with Crippen molar-refractivity contribution < 1.29 is 14.3 Å². The highest BCUT2D eigenvalue weighted by Crippen LogP contribution is 2.31. The number of nitrogens with zero attached hydrogens (tertiary/aromatic N) is 1. The number of para-hydroxylation sites is 1. The molecule has 1 atom stereocenters. The van der Waals surface area contributed by atoms with E-state index in [0.29, 0.717) is 18.7 Å². The molecule has 3 aromatic rings. The number of benzene rings is 3. The van der Waals surface area contributed by atoms with Gasteiger partial charge in [0.25, 0.3) is 5.91 Å². The minimum Gasteiger partial charge on any atom is -0.483 e. The molecule has 2 amide bonds. The first kappa shape index (κ1) is 29.0. The third-order valence-corrected chi connectivity index (χ3v) is 6.29. The summed E-state index contributed by atoms with van der Waals surface area (Å²) in [6, 6.07) is 25.0. The van der Waals surface area contributed by atoms with Crippen molar-refractivity contribution in [3.63, 3.8) is 0 Å². The van der Waals surface area contributed by atoms with Gasteiger partial charge in [0.15, 0.2) is 6.61 Å². The van der Waals surface area contributed by atoms with Gasteiger partial charge in [-0.3, -0.25) is 9.59 Å². The summed E-state index contributed by atoms with van der Waals surface area (Å²) >= 11 is 0. The summed E-state index contributed by atoms with van der Waals surface area (Å²) in [4.78, 5) is 29.2. The molecule has 0 spiro atoms. The van der Waals surface area contributed by atoms with E-state index in [1.165, 1.54) is 0 Å². The lowest BCUT2D eigenvalue weighted by Crippen LogP contribution is -2.55. The topological polar surface area (TPSA) is 58.6 Å². The van der Waals surface area contributed by atoms with Gasteiger partial charge in [-0.1, -0.05) is 99.1 Å². The van der Waals surface area contributed by atoms with Crippen molar-refractivity contribution in [3.05, 3.63) is 101 Å². The second-order valence-electron chi connectivity index (χ2n) is 12.0. The first-order valence-electron chi connectivity index (χ1n) is 13.3. The van der Waals surface area contributed by atoms with Crippen LogP contribution in [-0.4, -0.2) is 34.9 Å². The Balaban J connectivity index is 1.95. The van der Waals surface area contributed by atoms with E-state index in [2.05, 4.69) is 26.1 Å². The van der Waals surface area contributed by atoms with Crippen LogP contribution in [-0.2, 0) is 28.0 Å². The molecular formula is C33H42N2O3. The molecule has 1 N–H and O–H groups in total. The first-order valence-corrected chi connectivity index (χ1v) is 13.3. The number of aryl methyl sites for hydroxylation is 1. The van der Waals surface area contributed by atoms with E-state index in [-0.39, 0.29) is 23.8 Å². The quantitative estimate of drug-likeness (QED) is 0.368. The monoisotopic (exact) mass is 514 g/mol. The summed E-state index contributed by atoms with van der Waals surface area (Å²) in [5.74, 6) is 0.263. The van der Waals surface area contributed by atoms with Crippen LogP contribution in [0.4, 0.5) is 0 Å². The van der Waals surface area contributed by atoms with E-state index in [1.54, 1.807) is 4.90 Å². The van der Waals surface area contributed by atoms with Gasteiger partial charge in [0.2, 0.25) is 5.91 Å². The average molecular weight is 515 g/mol. The van der Waals surface area contributed by atoms with Crippen molar-refractivity contribution >= 4 is 11.8 Å². The van der Waals surface area contributed by atoms with Crippen LogP contribution in [0.25, 0.3) is 0 Å². The maximum absolute atomic E-state index is 13.9. The Kier molecular flexibility index (Phi) is 9.37. The number of carbonyl (C=O) groups excluding carboxylic acids is 2. The molecule has 38 heavy (non-hydrogen) atoms. The van der Waals surface area contributed by atoms with Crippen LogP contribution < -0.4 is 10.1 Å². The van der Waals surface area contributed by atoms with Crippen molar-refractivity contribution in [1.29, 1.82) is 0 Å². The van der Waals surface area contributed by atoms with Gasteiger partial charge >= 0.3 is 0 Å². The van der Waals surface area contributed by atoms with E-state index < -0.39 is 11.6 Å². The molecule has 5 nitrogen and oxygen atoms in total. The highest BCUT2D eigenvalue weighted by atomic mass is 16.5. The van der Waals surface area contributed by atoms with E-state index in [0.717, 1.165) is 22.3 Å². The van der Waals surface area contributed by atoms with Gasteiger partial charge in [-0.25, -0.2) is 0 Å². The molecule has 0 aliphatic carbocycles. The lowest BCUT2D eigenvalue weighted by atomic mass is 9.86. The fourth-order valence-corrected chi connectivity index (χ4v) is 4.33. The zero-order valence-corrected chi connectivity index (χ0v) is 23.9. The van der Waals surface area contributed by atoms with Gasteiger partial charge in [-0.15, -0.1) is 0 Å². The average Bonchev–Trinajstić information content (AvgIpc) is 2.85. The molecule has 3 rings (SSSR count). The summed E-state index contributed by atoms with van der Waals surface area (Å²) in [5.41, 5.74) is 3.54. The molecule has 0 aliphatic heterocycles. The number of carbonyl (C=O) groups is 2. The Morgan fingerprint density at radius 3 is 2.03 bits per heavy atom. The van der Waals surface area contributed by atoms with Crippen LogP contribution in [0.5, 0.6) is 5.75 Å². The highest BCUT2D eigenvalue weighted by Gasteiger charge is 2.32. The normalized spacial score (nSPS) is 12.5. The smallest absolute Gasteiger partial charge is 0.261 e. The van der Waals surface area contributed by atoms with Crippen LogP contribution in [0.3, 0.4) is 0 Å². The molecule has 0 aromatic heterocycles. The number of amides is 2. The molecule has 0 fully saturated rings. The van der Waals surface area contributed by atoms with E-state index in [4.69, 9.17) is 4.74 Å². The Morgan fingerprint density at radius 1 is 0.816 bits per heavy atom. The minimum absolute atomic E-state index is 0.135. The van der Waals surface area contributed by atoms with Crippen molar-refractivity contribution in [1.82, 2.24) is 10.2 Å². The Labute approximate surface area is 228 Å². The van der Waals surface area contributed by atoms with Crippen molar-refractivity contribution in [2.45, 2.75) is 78.4 Å². The van der Waals surface area contributed by atoms with E-state index >= 15 is 0 Å². The van der Waals surface area contributed by atoms with Crippen molar-refractivity contribution in [3.8, 4) is 5.75 Å². The summed E-state index contributed by atoms with van der Waals surface area (Å²) in [6.45, 7) is 14.4. The van der Waals surface area contributed by atoms with Crippen LogP contribution in [0, 0.1) is 6.92 Å². The third-order valence-electron chi connectivity index (χ3n) is 6.29. The third kappa shape index (κ3) is 8.47. The second-order valence-corrected chi connectivity index (χ2v) is 12.0. The zero-order chi connectivity index (χ0) is 27.9. The fraction of sp³-hybridized carbons (Fsp3) is 0.394. The molecule has 0 saturated carbocycles. The summed E-state index contributed by atoms with van der Waals surface area (Å²) in [5, 5.41) is 3.10. The number of rotatable bonds is 9. The highest BCUT2D eigenvalue weighted by molar-refractivity contribution is 5.89. The van der Waals surface area contributed by atoms with Gasteiger partial charge in [-0.2, -0.15) is 0 Å². The predicted octanol–water partition coefficient (Wildman–Crippen LogP) is 6.23. The number of ether oxygens (including phenoxy) is 1. The molecule has 202 valence electrons. The van der Waals surface area contributed by atoms with Crippen molar-refractivity contribution in [2.24, 2.45) is 0 Å². The number of hydrogen-bond donors (Lipinski definition) is 1. The second kappa shape index (κ2) is 12.3. The van der Waals surface area contributed by atoms with Crippen LogP contribution >= 0.6 is 0 Å². The lowest BCUT2D eigenvalue weighted by Gasteiger charge is -2.34. The zero-order valence-electron chi connectivity index (χ0n) is 23.9. The molecule has 3 aromatic carbocycles. The first-order chi connectivity index (χ1) is 17.8. The molecule has 0 saturated heterocycles. The van der Waals surface area contributed by atoms with Crippen molar-refractivity contribution in [2.75, 3.05) is 6.61 Å². The largest absolute Gasteiger partial charge is 0.483 e. The minimum atomic E-state index is -0.702. The number of hydrogen-bond acceptors (Lipinski definition) is 3. The fourth-order valence-electron chi connectivity index (χ4n) is 4.33. The van der Waals surface area contributed by atoms with Crippen LogP contribution in [0.2, 0.25) is 0 Å². The Bertz CT molecular complexity index is 1210. The van der Waals surface area contributed by atoms with Crippen LogP contribution in [0.15, 0.2) is 78.9 Å².